The smallest absolute Gasteiger partial charge is 0.234 e. The van der Waals surface area contributed by atoms with Gasteiger partial charge in [-0.1, -0.05) is 31.4 Å². The molecule has 0 unspecified atom stereocenters. The summed E-state index contributed by atoms with van der Waals surface area (Å²) >= 11 is 0. The topological polar surface area (TPSA) is 59.3 Å². The summed E-state index contributed by atoms with van der Waals surface area (Å²) in [7, 11) is 0. The van der Waals surface area contributed by atoms with E-state index in [2.05, 4.69) is 15.3 Å². The van der Waals surface area contributed by atoms with E-state index in [1.54, 1.807) is 6.20 Å². The zero-order chi connectivity index (χ0) is 17.2. The number of carbonyl (C=O) groups excluding carboxylic acids is 1. The van der Waals surface area contributed by atoms with Gasteiger partial charge < -0.3 is 5.32 Å². The van der Waals surface area contributed by atoms with Gasteiger partial charge in [0.25, 0.3) is 0 Å². The summed E-state index contributed by atoms with van der Waals surface area (Å²) in [5.74, 6) is 0.971. The maximum Gasteiger partial charge on any atom is 0.234 e. The van der Waals surface area contributed by atoms with Crippen LogP contribution in [0.25, 0.3) is 17.0 Å². The van der Waals surface area contributed by atoms with Crippen molar-refractivity contribution in [1.29, 1.82) is 0 Å². The first-order chi connectivity index (χ1) is 12.2. The maximum absolute atomic E-state index is 12.6. The number of imidazole rings is 1. The molecule has 0 bridgehead atoms. The van der Waals surface area contributed by atoms with Crippen molar-refractivity contribution in [3.8, 4) is 11.3 Å². The van der Waals surface area contributed by atoms with Crippen molar-refractivity contribution >= 4 is 17.4 Å². The van der Waals surface area contributed by atoms with Crippen LogP contribution in [0.1, 0.15) is 37.7 Å². The second-order valence-electron chi connectivity index (χ2n) is 6.81. The number of benzene rings is 1. The summed E-state index contributed by atoms with van der Waals surface area (Å²) in [6.45, 7) is 2.02. The van der Waals surface area contributed by atoms with Crippen molar-refractivity contribution in [2.75, 3.05) is 5.32 Å². The molecule has 5 nitrogen and oxygen atoms in total. The molecule has 4 rings (SSSR count). The summed E-state index contributed by atoms with van der Waals surface area (Å²) in [5.41, 5.74) is 3.77. The molecule has 2 heterocycles. The van der Waals surface area contributed by atoms with Gasteiger partial charge in [0.2, 0.25) is 11.7 Å². The third-order valence-corrected chi connectivity index (χ3v) is 5.00. The van der Waals surface area contributed by atoms with Crippen molar-refractivity contribution in [1.82, 2.24) is 14.4 Å². The lowest BCUT2D eigenvalue weighted by Gasteiger charge is -2.21. The Morgan fingerprint density at radius 1 is 1.24 bits per heavy atom. The zero-order valence-electron chi connectivity index (χ0n) is 14.4. The van der Waals surface area contributed by atoms with Crippen LogP contribution in [0.15, 0.2) is 42.9 Å². The molecule has 0 saturated heterocycles. The highest BCUT2D eigenvalue weighted by Gasteiger charge is 2.21. The quantitative estimate of drug-likeness (QED) is 0.780. The fourth-order valence-corrected chi connectivity index (χ4v) is 3.48. The number of hydrogen-bond donors (Lipinski definition) is 1. The van der Waals surface area contributed by atoms with Crippen LogP contribution in [-0.2, 0) is 4.79 Å². The zero-order valence-corrected chi connectivity index (χ0v) is 14.4. The van der Waals surface area contributed by atoms with Gasteiger partial charge in [-0.2, -0.15) is 0 Å². The van der Waals surface area contributed by atoms with E-state index in [9.17, 15) is 4.79 Å². The molecule has 25 heavy (non-hydrogen) atoms. The second-order valence-corrected chi connectivity index (χ2v) is 6.81. The third kappa shape index (κ3) is 3.27. The van der Waals surface area contributed by atoms with Gasteiger partial charge in [-0.3, -0.25) is 9.20 Å². The van der Waals surface area contributed by atoms with E-state index in [1.807, 2.05) is 48.0 Å². The highest BCUT2D eigenvalue weighted by molar-refractivity contribution is 5.94. The molecule has 1 amide bonds. The Morgan fingerprint density at radius 3 is 2.88 bits per heavy atom. The van der Waals surface area contributed by atoms with Crippen LogP contribution in [0.5, 0.6) is 0 Å². The van der Waals surface area contributed by atoms with E-state index in [0.29, 0.717) is 5.78 Å². The van der Waals surface area contributed by atoms with E-state index < -0.39 is 0 Å². The number of nitrogens with zero attached hydrogens (tertiary/aromatic N) is 3. The number of anilines is 1. The van der Waals surface area contributed by atoms with Crippen LogP contribution in [0.3, 0.4) is 0 Å². The lowest BCUT2D eigenvalue weighted by Crippen LogP contribution is -2.25. The Balaban J connectivity index is 1.60. The minimum Gasteiger partial charge on any atom is -0.326 e. The van der Waals surface area contributed by atoms with Crippen molar-refractivity contribution in [3.05, 3.63) is 48.4 Å². The van der Waals surface area contributed by atoms with Gasteiger partial charge in [0.05, 0.1) is 5.69 Å². The molecule has 1 aromatic carbocycles. The number of carbonyl (C=O) groups is 1. The normalized spacial score (nSPS) is 15.4. The Hall–Kier alpha value is -2.69. The van der Waals surface area contributed by atoms with Crippen LogP contribution in [0, 0.1) is 12.8 Å². The molecule has 2 aromatic heterocycles. The fourth-order valence-electron chi connectivity index (χ4n) is 3.48. The maximum atomic E-state index is 12.6. The molecular weight excluding hydrogens is 312 g/mol. The molecule has 1 fully saturated rings. The summed E-state index contributed by atoms with van der Waals surface area (Å²) in [6, 6.07) is 7.96. The number of fused-ring (bicyclic) bond motifs is 1. The molecule has 1 aliphatic carbocycles. The molecule has 128 valence electrons. The summed E-state index contributed by atoms with van der Waals surface area (Å²) in [6.07, 6.45) is 11.2. The highest BCUT2D eigenvalue weighted by Crippen LogP contribution is 2.28. The van der Waals surface area contributed by atoms with Crippen LogP contribution >= 0.6 is 0 Å². The van der Waals surface area contributed by atoms with E-state index in [1.165, 1.54) is 6.42 Å². The van der Waals surface area contributed by atoms with Gasteiger partial charge in [-0.05, 0) is 37.5 Å². The minimum atomic E-state index is 0.149. The molecule has 0 atom stereocenters. The highest BCUT2D eigenvalue weighted by atomic mass is 16.1. The summed E-state index contributed by atoms with van der Waals surface area (Å²) in [5, 5.41) is 3.13. The van der Waals surface area contributed by atoms with Crippen molar-refractivity contribution in [2.24, 2.45) is 5.92 Å². The fraction of sp³-hybridized carbons (Fsp3) is 0.350. The van der Waals surface area contributed by atoms with E-state index in [0.717, 1.165) is 48.2 Å². The second kappa shape index (κ2) is 6.67. The molecule has 5 heteroatoms. The SMILES string of the molecule is Cc1ccc(-c2cn3cccnc3n2)cc1NC(=O)C1CCCCC1. The molecule has 3 aromatic rings. The van der Waals surface area contributed by atoms with Gasteiger partial charge in [-0.25, -0.2) is 9.97 Å². The van der Waals surface area contributed by atoms with Crippen LogP contribution in [0.2, 0.25) is 0 Å². The lowest BCUT2D eigenvalue weighted by atomic mass is 9.88. The number of rotatable bonds is 3. The lowest BCUT2D eigenvalue weighted by molar-refractivity contribution is -0.120. The average Bonchev–Trinajstić information content (AvgIpc) is 3.08. The Labute approximate surface area is 147 Å². The number of aryl methyl sites for hydroxylation is 1. The minimum absolute atomic E-state index is 0.149. The van der Waals surface area contributed by atoms with Crippen molar-refractivity contribution in [3.63, 3.8) is 0 Å². The monoisotopic (exact) mass is 334 g/mol. The molecule has 1 saturated carbocycles. The number of hydrogen-bond acceptors (Lipinski definition) is 3. The van der Waals surface area contributed by atoms with E-state index >= 15 is 0 Å². The first-order valence-electron chi connectivity index (χ1n) is 8.92. The standard InChI is InChI=1S/C20H22N4O/c1-14-8-9-16(18-13-24-11-5-10-21-20(24)23-18)12-17(14)22-19(25)15-6-3-2-4-7-15/h5,8-13,15H,2-4,6-7H2,1H3,(H,22,25). The molecule has 1 N–H and O–H groups in total. The number of nitrogens with one attached hydrogen (secondary N) is 1. The Bertz CT molecular complexity index is 876. The Morgan fingerprint density at radius 2 is 2.08 bits per heavy atom. The number of amides is 1. The van der Waals surface area contributed by atoms with E-state index in [-0.39, 0.29) is 11.8 Å². The molecule has 0 aliphatic heterocycles. The largest absolute Gasteiger partial charge is 0.326 e. The molecular formula is C20H22N4O. The summed E-state index contributed by atoms with van der Waals surface area (Å²) in [4.78, 5) is 21.4. The predicted molar refractivity (Wildman–Crippen MR) is 98.4 cm³/mol. The first kappa shape index (κ1) is 15.8. The van der Waals surface area contributed by atoms with Gasteiger partial charge in [0, 0.05) is 35.8 Å². The predicted octanol–water partition coefficient (Wildman–Crippen LogP) is 4.22. The molecule has 0 radical (unpaired) electrons. The number of aromatic nitrogens is 3. The van der Waals surface area contributed by atoms with E-state index in [4.69, 9.17) is 0 Å². The van der Waals surface area contributed by atoms with Gasteiger partial charge >= 0.3 is 0 Å². The average molecular weight is 334 g/mol. The van der Waals surface area contributed by atoms with Crippen LogP contribution < -0.4 is 5.32 Å². The van der Waals surface area contributed by atoms with Crippen LogP contribution in [0.4, 0.5) is 5.69 Å². The van der Waals surface area contributed by atoms with Gasteiger partial charge in [0.1, 0.15) is 0 Å². The summed E-state index contributed by atoms with van der Waals surface area (Å²) < 4.78 is 1.90. The Kier molecular flexibility index (Phi) is 4.22. The van der Waals surface area contributed by atoms with Gasteiger partial charge in [0.15, 0.2) is 0 Å². The molecule has 1 aliphatic rings. The van der Waals surface area contributed by atoms with Crippen molar-refractivity contribution in [2.45, 2.75) is 39.0 Å². The first-order valence-corrected chi connectivity index (χ1v) is 8.92. The molecule has 0 spiro atoms. The van der Waals surface area contributed by atoms with Gasteiger partial charge in [-0.15, -0.1) is 0 Å². The third-order valence-electron chi connectivity index (χ3n) is 5.00. The van der Waals surface area contributed by atoms with Crippen LogP contribution in [-0.4, -0.2) is 20.3 Å². The van der Waals surface area contributed by atoms with Crippen molar-refractivity contribution < 1.29 is 4.79 Å².